The molecule has 0 atom stereocenters. The second-order valence-corrected chi connectivity index (χ2v) is 5.26. The Labute approximate surface area is 110 Å². The van der Waals surface area contributed by atoms with E-state index in [1.54, 1.807) is 0 Å². The molecule has 2 rings (SSSR count). The molecule has 1 aromatic heterocycles. The molecule has 0 spiro atoms. The summed E-state index contributed by atoms with van der Waals surface area (Å²) in [5.74, 6) is 1.73. The van der Waals surface area contributed by atoms with Gasteiger partial charge in [0.25, 0.3) is 0 Å². The van der Waals surface area contributed by atoms with E-state index in [4.69, 9.17) is 9.15 Å². The highest BCUT2D eigenvalue weighted by molar-refractivity contribution is 5.11. The molecular formula is C15H25NO2. The van der Waals surface area contributed by atoms with E-state index >= 15 is 0 Å². The lowest BCUT2D eigenvalue weighted by Crippen LogP contribution is -2.13. The van der Waals surface area contributed by atoms with Crippen molar-refractivity contribution in [1.29, 1.82) is 0 Å². The summed E-state index contributed by atoms with van der Waals surface area (Å²) in [6.07, 6.45) is 8.42. The Morgan fingerprint density at radius 3 is 3.00 bits per heavy atom. The highest BCUT2D eigenvalue weighted by Gasteiger charge is 2.15. The van der Waals surface area contributed by atoms with Crippen molar-refractivity contribution in [2.45, 2.75) is 52.2 Å². The fourth-order valence-corrected chi connectivity index (χ4v) is 2.51. The lowest BCUT2D eigenvalue weighted by Gasteiger charge is -2.08. The minimum absolute atomic E-state index is 0.615. The molecule has 0 aliphatic heterocycles. The van der Waals surface area contributed by atoms with Crippen molar-refractivity contribution in [1.82, 2.24) is 5.32 Å². The van der Waals surface area contributed by atoms with Gasteiger partial charge >= 0.3 is 0 Å². The van der Waals surface area contributed by atoms with E-state index in [1.165, 1.54) is 31.2 Å². The van der Waals surface area contributed by atoms with Crippen LogP contribution < -0.4 is 5.32 Å². The van der Waals surface area contributed by atoms with E-state index in [0.717, 1.165) is 37.8 Å². The predicted molar refractivity (Wildman–Crippen MR) is 72.3 cm³/mol. The summed E-state index contributed by atoms with van der Waals surface area (Å²) in [7, 11) is 0. The smallest absolute Gasteiger partial charge is 0.129 e. The van der Waals surface area contributed by atoms with Gasteiger partial charge in [-0.1, -0.05) is 19.8 Å². The van der Waals surface area contributed by atoms with E-state index in [0.29, 0.717) is 6.61 Å². The molecule has 0 bridgehead atoms. The molecular weight excluding hydrogens is 226 g/mol. The monoisotopic (exact) mass is 251 g/mol. The van der Waals surface area contributed by atoms with Gasteiger partial charge in [-0.3, -0.25) is 0 Å². The maximum atomic E-state index is 5.73. The van der Waals surface area contributed by atoms with Crippen LogP contribution >= 0.6 is 0 Å². The lowest BCUT2D eigenvalue weighted by atomic mass is 10.1. The predicted octanol–water partition coefficient (Wildman–Crippen LogP) is 3.49. The number of ether oxygens (including phenoxy) is 1. The van der Waals surface area contributed by atoms with Gasteiger partial charge in [0, 0.05) is 18.7 Å². The van der Waals surface area contributed by atoms with Gasteiger partial charge in [-0.2, -0.15) is 0 Å². The molecule has 0 saturated heterocycles. The maximum absolute atomic E-state index is 5.73. The van der Waals surface area contributed by atoms with E-state index in [-0.39, 0.29) is 0 Å². The van der Waals surface area contributed by atoms with E-state index in [9.17, 15) is 0 Å². The molecule has 1 N–H and O–H groups in total. The van der Waals surface area contributed by atoms with Gasteiger partial charge in [0.1, 0.15) is 12.4 Å². The third-order valence-corrected chi connectivity index (χ3v) is 3.54. The van der Waals surface area contributed by atoms with Gasteiger partial charge in [-0.25, -0.2) is 0 Å². The van der Waals surface area contributed by atoms with Gasteiger partial charge < -0.3 is 14.5 Å². The zero-order valence-corrected chi connectivity index (χ0v) is 11.4. The molecule has 0 unspecified atom stereocenters. The summed E-state index contributed by atoms with van der Waals surface area (Å²) in [5, 5.41) is 3.36. The van der Waals surface area contributed by atoms with Crippen LogP contribution in [0, 0.1) is 5.92 Å². The fourth-order valence-electron chi connectivity index (χ4n) is 2.51. The summed E-state index contributed by atoms with van der Waals surface area (Å²) < 4.78 is 11.2. The first kappa shape index (κ1) is 13.6. The SMILES string of the molecule is CCCNCc1coc(COCC2CCCC2)c1. The van der Waals surface area contributed by atoms with E-state index in [1.807, 2.05) is 6.26 Å². The van der Waals surface area contributed by atoms with Crippen LogP contribution in [0.1, 0.15) is 50.4 Å². The molecule has 0 amide bonds. The number of nitrogens with one attached hydrogen (secondary N) is 1. The van der Waals surface area contributed by atoms with Crippen molar-refractivity contribution in [2.75, 3.05) is 13.2 Å². The Morgan fingerprint density at radius 2 is 2.22 bits per heavy atom. The molecule has 0 aromatic carbocycles. The number of rotatable bonds is 8. The topological polar surface area (TPSA) is 34.4 Å². The minimum atomic E-state index is 0.615. The molecule has 102 valence electrons. The maximum Gasteiger partial charge on any atom is 0.129 e. The average Bonchev–Trinajstić information content (AvgIpc) is 3.01. The van der Waals surface area contributed by atoms with Crippen LogP contribution in [0.15, 0.2) is 16.7 Å². The molecule has 18 heavy (non-hydrogen) atoms. The Hall–Kier alpha value is -0.800. The van der Waals surface area contributed by atoms with E-state index in [2.05, 4.69) is 18.3 Å². The summed E-state index contributed by atoms with van der Waals surface area (Å²) in [4.78, 5) is 0. The highest BCUT2D eigenvalue weighted by atomic mass is 16.5. The summed E-state index contributed by atoms with van der Waals surface area (Å²) in [5.41, 5.74) is 1.21. The van der Waals surface area contributed by atoms with Crippen molar-refractivity contribution in [3.63, 3.8) is 0 Å². The van der Waals surface area contributed by atoms with Gasteiger partial charge in [0.2, 0.25) is 0 Å². The standard InChI is InChI=1S/C15H25NO2/c1-2-7-16-9-14-8-15(18-11-14)12-17-10-13-5-3-4-6-13/h8,11,13,16H,2-7,9-10,12H2,1H3. The largest absolute Gasteiger partial charge is 0.467 e. The second-order valence-electron chi connectivity index (χ2n) is 5.26. The first-order valence-electron chi connectivity index (χ1n) is 7.23. The zero-order chi connectivity index (χ0) is 12.6. The second kappa shape index (κ2) is 7.59. The van der Waals surface area contributed by atoms with Crippen LogP contribution in [0.2, 0.25) is 0 Å². The highest BCUT2D eigenvalue weighted by Crippen LogP contribution is 2.25. The first-order chi connectivity index (χ1) is 8.88. The van der Waals surface area contributed by atoms with Crippen molar-refractivity contribution in [3.05, 3.63) is 23.7 Å². The Bertz CT molecular complexity index is 329. The summed E-state index contributed by atoms with van der Waals surface area (Å²) in [6, 6.07) is 2.09. The lowest BCUT2D eigenvalue weighted by molar-refractivity contribution is 0.0771. The molecule has 1 saturated carbocycles. The number of hydrogen-bond acceptors (Lipinski definition) is 3. The van der Waals surface area contributed by atoms with Crippen LogP contribution in [0.4, 0.5) is 0 Å². The van der Waals surface area contributed by atoms with Gasteiger partial charge in [0.15, 0.2) is 0 Å². The van der Waals surface area contributed by atoms with Gasteiger partial charge in [-0.15, -0.1) is 0 Å². The Kier molecular flexibility index (Phi) is 5.75. The molecule has 3 heteroatoms. The van der Waals surface area contributed by atoms with Crippen LogP contribution in [0.25, 0.3) is 0 Å². The normalized spacial score (nSPS) is 16.5. The first-order valence-corrected chi connectivity index (χ1v) is 7.23. The fraction of sp³-hybridized carbons (Fsp3) is 0.733. The van der Waals surface area contributed by atoms with E-state index < -0.39 is 0 Å². The molecule has 1 heterocycles. The van der Waals surface area contributed by atoms with Crippen molar-refractivity contribution < 1.29 is 9.15 Å². The van der Waals surface area contributed by atoms with Crippen molar-refractivity contribution in [2.24, 2.45) is 5.92 Å². The molecule has 1 fully saturated rings. The molecule has 1 aliphatic rings. The van der Waals surface area contributed by atoms with Crippen molar-refractivity contribution >= 4 is 0 Å². The van der Waals surface area contributed by atoms with Crippen molar-refractivity contribution in [3.8, 4) is 0 Å². The summed E-state index contributed by atoms with van der Waals surface area (Å²) >= 11 is 0. The average molecular weight is 251 g/mol. The zero-order valence-electron chi connectivity index (χ0n) is 11.4. The van der Waals surface area contributed by atoms with Crippen LogP contribution in [-0.4, -0.2) is 13.2 Å². The Morgan fingerprint density at radius 1 is 1.39 bits per heavy atom. The van der Waals surface area contributed by atoms with Crippen LogP contribution in [0.5, 0.6) is 0 Å². The Balaban J connectivity index is 1.63. The molecule has 0 radical (unpaired) electrons. The van der Waals surface area contributed by atoms with Crippen LogP contribution in [-0.2, 0) is 17.9 Å². The number of furan rings is 1. The summed E-state index contributed by atoms with van der Waals surface area (Å²) in [6.45, 7) is 5.62. The third-order valence-electron chi connectivity index (χ3n) is 3.54. The minimum Gasteiger partial charge on any atom is -0.467 e. The number of hydrogen-bond donors (Lipinski definition) is 1. The van der Waals surface area contributed by atoms with Gasteiger partial charge in [-0.05, 0) is 37.8 Å². The molecule has 1 aromatic rings. The molecule has 1 aliphatic carbocycles. The quantitative estimate of drug-likeness (QED) is 0.718. The van der Waals surface area contributed by atoms with Gasteiger partial charge in [0.05, 0.1) is 6.26 Å². The van der Waals surface area contributed by atoms with Crippen LogP contribution in [0.3, 0.4) is 0 Å². The third kappa shape index (κ3) is 4.46. The molecule has 3 nitrogen and oxygen atoms in total.